The fourth-order valence-electron chi connectivity index (χ4n) is 1.91. The average Bonchev–Trinajstić information content (AvgIpc) is 2.98. The van der Waals surface area contributed by atoms with Crippen LogP contribution in [0.1, 0.15) is 39.2 Å². The molecule has 4 nitrogen and oxygen atoms in total. The van der Waals surface area contributed by atoms with Gasteiger partial charge in [0, 0.05) is 11.2 Å². The molecule has 0 aliphatic heterocycles. The minimum atomic E-state index is -0.595. The van der Waals surface area contributed by atoms with E-state index in [1.54, 1.807) is 32.9 Å². The SMILES string of the molecule is CC(C)(C)OC(=O)Nc1ccc(CC2(N)CC2)c(F)c1. The summed E-state index contributed by atoms with van der Waals surface area (Å²) >= 11 is 0. The van der Waals surface area contributed by atoms with Gasteiger partial charge in [-0.05, 0) is 57.7 Å². The molecule has 1 aliphatic carbocycles. The Morgan fingerprint density at radius 2 is 2.10 bits per heavy atom. The fraction of sp³-hybridized carbons (Fsp3) is 0.533. The van der Waals surface area contributed by atoms with Gasteiger partial charge in [0.2, 0.25) is 0 Å². The molecule has 2 rings (SSSR count). The van der Waals surface area contributed by atoms with Crippen molar-refractivity contribution in [3.63, 3.8) is 0 Å². The molecule has 1 aromatic carbocycles. The molecule has 1 saturated carbocycles. The minimum Gasteiger partial charge on any atom is -0.444 e. The number of nitrogens with one attached hydrogen (secondary N) is 1. The van der Waals surface area contributed by atoms with Gasteiger partial charge >= 0.3 is 6.09 Å². The molecule has 1 amide bonds. The second-order valence-corrected chi connectivity index (χ2v) is 6.47. The zero-order valence-electron chi connectivity index (χ0n) is 12.1. The molecule has 0 atom stereocenters. The van der Waals surface area contributed by atoms with Gasteiger partial charge in [0.05, 0.1) is 0 Å². The van der Waals surface area contributed by atoms with Gasteiger partial charge in [-0.1, -0.05) is 6.07 Å². The molecule has 3 N–H and O–H groups in total. The summed E-state index contributed by atoms with van der Waals surface area (Å²) in [6.45, 7) is 5.31. The van der Waals surface area contributed by atoms with E-state index in [1.807, 2.05) is 0 Å². The van der Waals surface area contributed by atoms with Gasteiger partial charge in [-0.15, -0.1) is 0 Å². The van der Waals surface area contributed by atoms with Crippen LogP contribution >= 0.6 is 0 Å². The number of amides is 1. The third kappa shape index (κ3) is 4.20. The molecule has 1 aliphatic rings. The highest BCUT2D eigenvalue weighted by Gasteiger charge is 2.38. The van der Waals surface area contributed by atoms with Crippen molar-refractivity contribution in [2.75, 3.05) is 5.32 Å². The Balaban J connectivity index is 2.00. The predicted molar refractivity (Wildman–Crippen MR) is 76.1 cm³/mol. The second-order valence-electron chi connectivity index (χ2n) is 6.47. The van der Waals surface area contributed by atoms with Crippen LogP contribution in [-0.2, 0) is 11.2 Å². The largest absolute Gasteiger partial charge is 0.444 e. The Labute approximate surface area is 118 Å². The highest BCUT2D eigenvalue weighted by molar-refractivity contribution is 5.84. The van der Waals surface area contributed by atoms with Gasteiger partial charge in [-0.25, -0.2) is 9.18 Å². The molecule has 20 heavy (non-hydrogen) atoms. The van der Waals surface area contributed by atoms with E-state index in [4.69, 9.17) is 10.5 Å². The number of nitrogens with two attached hydrogens (primary N) is 1. The molecule has 0 radical (unpaired) electrons. The van der Waals surface area contributed by atoms with Crippen LogP contribution in [0.15, 0.2) is 18.2 Å². The summed E-state index contributed by atoms with van der Waals surface area (Å²) in [4.78, 5) is 11.6. The smallest absolute Gasteiger partial charge is 0.412 e. The molecule has 0 saturated heterocycles. The first-order valence-corrected chi connectivity index (χ1v) is 6.74. The van der Waals surface area contributed by atoms with Crippen LogP contribution in [0.5, 0.6) is 0 Å². The summed E-state index contributed by atoms with van der Waals surface area (Å²) in [5.41, 5.74) is 6.12. The van der Waals surface area contributed by atoms with Gasteiger partial charge in [0.1, 0.15) is 11.4 Å². The summed E-state index contributed by atoms with van der Waals surface area (Å²) in [6, 6.07) is 4.62. The number of carbonyl (C=O) groups is 1. The zero-order valence-corrected chi connectivity index (χ0v) is 12.1. The highest BCUT2D eigenvalue weighted by atomic mass is 19.1. The van der Waals surface area contributed by atoms with E-state index in [0.717, 1.165) is 12.8 Å². The summed E-state index contributed by atoms with van der Waals surface area (Å²) in [6.07, 6.45) is 1.81. The lowest BCUT2D eigenvalue weighted by Crippen LogP contribution is -2.27. The molecule has 0 spiro atoms. The van der Waals surface area contributed by atoms with E-state index < -0.39 is 11.7 Å². The van der Waals surface area contributed by atoms with E-state index >= 15 is 0 Å². The minimum absolute atomic E-state index is 0.235. The van der Waals surface area contributed by atoms with Crippen molar-refractivity contribution in [2.45, 2.75) is 51.2 Å². The van der Waals surface area contributed by atoms with Crippen LogP contribution in [0.2, 0.25) is 0 Å². The fourth-order valence-corrected chi connectivity index (χ4v) is 1.91. The van der Waals surface area contributed by atoms with Crippen LogP contribution in [0.4, 0.5) is 14.9 Å². The van der Waals surface area contributed by atoms with E-state index in [1.165, 1.54) is 6.07 Å². The summed E-state index contributed by atoms with van der Waals surface area (Å²) in [7, 11) is 0. The summed E-state index contributed by atoms with van der Waals surface area (Å²) in [5.74, 6) is -0.352. The number of hydrogen-bond donors (Lipinski definition) is 2. The quantitative estimate of drug-likeness (QED) is 0.893. The topological polar surface area (TPSA) is 64.3 Å². The van der Waals surface area contributed by atoms with Gasteiger partial charge in [-0.2, -0.15) is 0 Å². The number of anilines is 1. The molecule has 0 bridgehead atoms. The molecule has 0 unspecified atom stereocenters. The lowest BCUT2D eigenvalue weighted by Gasteiger charge is -2.19. The third-order valence-corrected chi connectivity index (χ3v) is 3.13. The maximum Gasteiger partial charge on any atom is 0.412 e. The van der Waals surface area contributed by atoms with Crippen molar-refractivity contribution in [1.82, 2.24) is 0 Å². The van der Waals surface area contributed by atoms with Crippen molar-refractivity contribution in [1.29, 1.82) is 0 Å². The standard InChI is InChI=1S/C15H21FN2O2/c1-14(2,3)20-13(19)18-11-5-4-10(12(16)8-11)9-15(17)6-7-15/h4-5,8H,6-7,9,17H2,1-3H3,(H,18,19). The zero-order chi connectivity index (χ0) is 15.0. The molecular weight excluding hydrogens is 259 g/mol. The first kappa shape index (κ1) is 14.8. The molecule has 1 aromatic rings. The van der Waals surface area contributed by atoms with E-state index in [-0.39, 0.29) is 11.4 Å². The Morgan fingerprint density at radius 1 is 1.45 bits per heavy atom. The van der Waals surface area contributed by atoms with Crippen LogP contribution in [0.3, 0.4) is 0 Å². The van der Waals surface area contributed by atoms with Gasteiger partial charge in [-0.3, -0.25) is 5.32 Å². The van der Waals surface area contributed by atoms with Crippen molar-refractivity contribution >= 4 is 11.8 Å². The number of ether oxygens (including phenoxy) is 1. The van der Waals surface area contributed by atoms with Gasteiger partial charge in [0.15, 0.2) is 0 Å². The van der Waals surface area contributed by atoms with Crippen LogP contribution < -0.4 is 11.1 Å². The maximum atomic E-state index is 13.9. The number of rotatable bonds is 3. The second kappa shape index (κ2) is 5.05. The Bertz CT molecular complexity index is 519. The molecule has 1 fully saturated rings. The van der Waals surface area contributed by atoms with E-state index in [0.29, 0.717) is 17.7 Å². The number of carbonyl (C=O) groups excluding carboxylic acids is 1. The van der Waals surface area contributed by atoms with Gasteiger partial charge in [0.25, 0.3) is 0 Å². The van der Waals surface area contributed by atoms with E-state index in [9.17, 15) is 9.18 Å². The number of benzene rings is 1. The number of halogens is 1. The van der Waals surface area contributed by atoms with Crippen LogP contribution in [-0.4, -0.2) is 17.2 Å². The Hall–Kier alpha value is -1.62. The predicted octanol–water partition coefficient (Wildman–Crippen LogP) is 3.21. The lowest BCUT2D eigenvalue weighted by atomic mass is 10.0. The lowest BCUT2D eigenvalue weighted by molar-refractivity contribution is 0.0636. The third-order valence-electron chi connectivity index (χ3n) is 3.13. The van der Waals surface area contributed by atoms with Crippen molar-refractivity contribution in [2.24, 2.45) is 5.73 Å². The van der Waals surface area contributed by atoms with Crippen molar-refractivity contribution in [3.8, 4) is 0 Å². The van der Waals surface area contributed by atoms with Gasteiger partial charge < -0.3 is 10.5 Å². The summed E-state index contributed by atoms with van der Waals surface area (Å²) < 4.78 is 19.1. The monoisotopic (exact) mass is 280 g/mol. The van der Waals surface area contributed by atoms with Crippen LogP contribution in [0, 0.1) is 5.82 Å². The highest BCUT2D eigenvalue weighted by Crippen LogP contribution is 2.36. The normalized spacial score (nSPS) is 16.6. The summed E-state index contributed by atoms with van der Waals surface area (Å²) in [5, 5.41) is 2.51. The number of hydrogen-bond acceptors (Lipinski definition) is 3. The average molecular weight is 280 g/mol. The first-order chi connectivity index (χ1) is 9.17. The van der Waals surface area contributed by atoms with Crippen LogP contribution in [0.25, 0.3) is 0 Å². The molecular formula is C15H21FN2O2. The molecule has 0 heterocycles. The molecule has 0 aromatic heterocycles. The Kier molecular flexibility index (Phi) is 3.73. The van der Waals surface area contributed by atoms with Crippen molar-refractivity contribution in [3.05, 3.63) is 29.6 Å². The van der Waals surface area contributed by atoms with Crippen molar-refractivity contribution < 1.29 is 13.9 Å². The maximum absolute atomic E-state index is 13.9. The Morgan fingerprint density at radius 3 is 2.60 bits per heavy atom. The first-order valence-electron chi connectivity index (χ1n) is 6.74. The molecule has 110 valence electrons. The molecule has 5 heteroatoms. The van der Waals surface area contributed by atoms with E-state index in [2.05, 4.69) is 5.32 Å².